The number of anilines is 2. The molecule has 0 radical (unpaired) electrons. The van der Waals surface area contributed by atoms with Crippen molar-refractivity contribution in [1.29, 1.82) is 0 Å². The zero-order chi connectivity index (χ0) is 25.4. The number of aryl methyl sites for hydroxylation is 2. The molecule has 1 aromatic carbocycles. The van der Waals surface area contributed by atoms with E-state index in [-0.39, 0.29) is 6.61 Å². The maximum atomic E-state index is 12.9. The summed E-state index contributed by atoms with van der Waals surface area (Å²) in [6, 6.07) is 8.01. The van der Waals surface area contributed by atoms with Gasteiger partial charge in [-0.25, -0.2) is 9.97 Å². The van der Waals surface area contributed by atoms with E-state index < -0.39 is 11.7 Å². The van der Waals surface area contributed by atoms with Crippen molar-refractivity contribution >= 4 is 28.1 Å². The van der Waals surface area contributed by atoms with Crippen molar-refractivity contribution in [3.05, 3.63) is 83.1 Å². The third-order valence-electron chi connectivity index (χ3n) is 6.01. The van der Waals surface area contributed by atoms with E-state index in [4.69, 9.17) is 10.5 Å². The maximum Gasteiger partial charge on any atom is 0.417 e. The van der Waals surface area contributed by atoms with Gasteiger partial charge in [0, 0.05) is 36.6 Å². The fourth-order valence-corrected chi connectivity index (χ4v) is 4.13. The highest BCUT2D eigenvalue weighted by Crippen LogP contribution is 2.30. The van der Waals surface area contributed by atoms with Gasteiger partial charge in [-0.15, -0.1) is 5.10 Å². The molecule has 5 rings (SSSR count). The number of nitrogens with two attached hydrogens (primary N) is 1. The Labute approximate surface area is 204 Å². The Balaban J connectivity index is 1.28. The van der Waals surface area contributed by atoms with Crippen LogP contribution in [0.2, 0.25) is 0 Å². The number of halogens is 3. The van der Waals surface area contributed by atoms with Gasteiger partial charge < -0.3 is 20.2 Å². The van der Waals surface area contributed by atoms with Gasteiger partial charge in [-0.1, -0.05) is 0 Å². The van der Waals surface area contributed by atoms with E-state index in [9.17, 15) is 13.2 Å². The van der Waals surface area contributed by atoms with Gasteiger partial charge in [-0.2, -0.15) is 18.3 Å². The molecule has 0 saturated carbocycles. The van der Waals surface area contributed by atoms with Crippen molar-refractivity contribution in [2.75, 3.05) is 11.1 Å². The first-order valence-corrected chi connectivity index (χ1v) is 11.1. The normalized spacial score (nSPS) is 11.8. The predicted molar refractivity (Wildman–Crippen MR) is 130 cm³/mol. The molecule has 0 aliphatic rings. The average molecular weight is 493 g/mol. The van der Waals surface area contributed by atoms with Crippen molar-refractivity contribution in [2.24, 2.45) is 0 Å². The zero-order valence-electron chi connectivity index (χ0n) is 19.5. The topological polar surface area (TPSA) is 103 Å². The number of aromatic nitrogens is 5. The summed E-state index contributed by atoms with van der Waals surface area (Å²) in [6.07, 6.45) is 1.25. The second-order valence-electron chi connectivity index (χ2n) is 8.42. The first-order chi connectivity index (χ1) is 17.2. The van der Waals surface area contributed by atoms with Crippen LogP contribution in [0, 0.1) is 13.8 Å². The molecule has 0 unspecified atom stereocenters. The van der Waals surface area contributed by atoms with Crippen LogP contribution in [0.4, 0.5) is 24.8 Å². The number of hydrogen-bond acceptors (Lipinski definition) is 7. The van der Waals surface area contributed by atoms with Gasteiger partial charge in [-0.3, -0.25) is 0 Å². The van der Waals surface area contributed by atoms with Gasteiger partial charge in [0.05, 0.1) is 17.5 Å². The Morgan fingerprint density at radius 1 is 1.08 bits per heavy atom. The van der Waals surface area contributed by atoms with Gasteiger partial charge in [0.2, 0.25) is 0 Å². The van der Waals surface area contributed by atoms with Crippen molar-refractivity contribution in [1.82, 2.24) is 24.6 Å². The monoisotopic (exact) mass is 493 g/mol. The van der Waals surface area contributed by atoms with Crippen LogP contribution in [-0.2, 0) is 19.3 Å². The molecular formula is C25H22F3N7O. The van der Waals surface area contributed by atoms with Crippen molar-refractivity contribution in [3.8, 4) is 5.75 Å². The predicted octanol–water partition coefficient (Wildman–Crippen LogP) is 5.08. The second-order valence-corrected chi connectivity index (χ2v) is 8.42. The minimum Gasteiger partial charge on any atom is -0.485 e. The summed E-state index contributed by atoms with van der Waals surface area (Å²) in [6.45, 7) is 4.64. The molecule has 8 nitrogen and oxygen atoms in total. The Hall–Kier alpha value is -4.41. The molecular weight excluding hydrogens is 471 g/mol. The van der Waals surface area contributed by atoms with Gasteiger partial charge in [0.25, 0.3) is 0 Å². The number of alkyl halides is 3. The molecule has 0 saturated heterocycles. The number of nitrogens with one attached hydrogen (secondary N) is 1. The highest BCUT2D eigenvalue weighted by molar-refractivity contribution is 5.94. The Kier molecular flexibility index (Phi) is 5.83. The summed E-state index contributed by atoms with van der Waals surface area (Å²) in [7, 11) is 0. The molecule has 0 aliphatic heterocycles. The fraction of sp³-hybridized carbons (Fsp3) is 0.200. The van der Waals surface area contributed by atoms with Crippen molar-refractivity contribution in [3.63, 3.8) is 0 Å². The smallest absolute Gasteiger partial charge is 0.417 e. The van der Waals surface area contributed by atoms with Crippen LogP contribution in [0.5, 0.6) is 5.75 Å². The fourth-order valence-electron chi connectivity index (χ4n) is 4.13. The van der Waals surface area contributed by atoms with Gasteiger partial charge in [-0.05, 0) is 60.2 Å². The molecule has 5 aromatic rings. The molecule has 4 heterocycles. The molecule has 0 bridgehead atoms. The summed E-state index contributed by atoms with van der Waals surface area (Å²) in [5.41, 5.74) is 9.47. The maximum absolute atomic E-state index is 12.9. The van der Waals surface area contributed by atoms with E-state index in [1.54, 1.807) is 12.3 Å². The lowest BCUT2D eigenvalue weighted by Gasteiger charge is -2.15. The van der Waals surface area contributed by atoms with Crippen LogP contribution in [0.3, 0.4) is 0 Å². The van der Waals surface area contributed by atoms with E-state index >= 15 is 0 Å². The standard InChI is InChI=1S/C25H22F3N7O/c1-14-7-20-19(5-6-30-24(20)29)15(2)21(14)10-31-22-8-18(9-32-34-22)36-13-17-12-35-11-16(25(26,27)28)3-4-23(35)33-17/h3-9,11-12H,10,13H2,1-2H3,(H2,29,30)(H,31,34). The molecule has 0 amide bonds. The summed E-state index contributed by atoms with van der Waals surface area (Å²) in [5, 5.41) is 13.3. The number of ether oxygens (including phenoxy) is 1. The molecule has 0 atom stereocenters. The van der Waals surface area contributed by atoms with Gasteiger partial charge in [0.1, 0.15) is 23.8 Å². The first-order valence-electron chi connectivity index (χ1n) is 11.1. The second kappa shape index (κ2) is 8.99. The van der Waals surface area contributed by atoms with Crippen LogP contribution in [-0.4, -0.2) is 24.6 Å². The average Bonchev–Trinajstić information content (AvgIpc) is 3.25. The lowest BCUT2D eigenvalue weighted by Crippen LogP contribution is -2.07. The minimum absolute atomic E-state index is 0.0620. The summed E-state index contributed by atoms with van der Waals surface area (Å²) in [4.78, 5) is 8.47. The molecule has 0 aliphatic carbocycles. The number of nitrogen functional groups attached to an aromatic ring is 1. The summed E-state index contributed by atoms with van der Waals surface area (Å²) < 4.78 is 45.9. The summed E-state index contributed by atoms with van der Waals surface area (Å²) in [5.74, 6) is 1.47. The van der Waals surface area contributed by atoms with Crippen LogP contribution in [0.15, 0.2) is 55.1 Å². The van der Waals surface area contributed by atoms with E-state index in [2.05, 4.69) is 25.5 Å². The van der Waals surface area contributed by atoms with Crippen molar-refractivity contribution in [2.45, 2.75) is 33.2 Å². The van der Waals surface area contributed by atoms with E-state index in [1.165, 1.54) is 22.9 Å². The van der Waals surface area contributed by atoms with Gasteiger partial charge >= 0.3 is 6.18 Å². The van der Waals surface area contributed by atoms with Crippen molar-refractivity contribution < 1.29 is 17.9 Å². The number of fused-ring (bicyclic) bond motifs is 2. The number of imidazole rings is 1. The minimum atomic E-state index is -4.42. The first kappa shape index (κ1) is 23.3. The number of hydrogen-bond donors (Lipinski definition) is 2. The lowest BCUT2D eigenvalue weighted by atomic mass is 9.96. The van der Waals surface area contributed by atoms with Crippen LogP contribution in [0.1, 0.15) is 27.9 Å². The molecule has 184 valence electrons. The number of nitrogens with zero attached hydrogens (tertiary/aromatic N) is 5. The van der Waals surface area contributed by atoms with Gasteiger partial charge in [0.15, 0.2) is 5.82 Å². The van der Waals surface area contributed by atoms with Crippen LogP contribution < -0.4 is 15.8 Å². The van der Waals surface area contributed by atoms with E-state index in [0.29, 0.717) is 35.3 Å². The Bertz CT molecular complexity index is 1580. The van der Waals surface area contributed by atoms with Crippen LogP contribution >= 0.6 is 0 Å². The third kappa shape index (κ3) is 4.59. The Morgan fingerprint density at radius 2 is 1.92 bits per heavy atom. The lowest BCUT2D eigenvalue weighted by molar-refractivity contribution is -0.137. The quantitative estimate of drug-likeness (QED) is 0.340. The molecule has 11 heteroatoms. The number of rotatable bonds is 6. The molecule has 4 aromatic heterocycles. The van der Waals surface area contributed by atoms with E-state index in [0.717, 1.165) is 39.7 Å². The Morgan fingerprint density at radius 3 is 2.72 bits per heavy atom. The highest BCUT2D eigenvalue weighted by Gasteiger charge is 2.30. The van der Waals surface area contributed by atoms with Crippen LogP contribution in [0.25, 0.3) is 16.4 Å². The molecule has 0 spiro atoms. The summed E-state index contributed by atoms with van der Waals surface area (Å²) >= 11 is 0. The zero-order valence-corrected chi connectivity index (χ0v) is 19.5. The SMILES string of the molecule is Cc1cc2c(N)nccc2c(C)c1CNc1cc(OCc2cn3cc(C(F)(F)F)ccc3n2)cnn1. The van der Waals surface area contributed by atoms with E-state index in [1.807, 2.05) is 26.0 Å². The highest BCUT2D eigenvalue weighted by atomic mass is 19.4. The molecule has 3 N–H and O–H groups in total. The largest absolute Gasteiger partial charge is 0.485 e. The molecule has 0 fully saturated rings. The molecule has 36 heavy (non-hydrogen) atoms. The number of benzene rings is 1. The number of pyridine rings is 2. The third-order valence-corrected chi connectivity index (χ3v) is 6.01.